The van der Waals surface area contributed by atoms with E-state index in [0.29, 0.717) is 11.3 Å². The molecular weight excluding hydrogens is 404 g/mol. The maximum atomic E-state index is 13.2. The lowest BCUT2D eigenvalue weighted by molar-refractivity contribution is -0.121. The van der Waals surface area contributed by atoms with E-state index in [-0.39, 0.29) is 17.9 Å². The molecule has 3 rings (SSSR count). The highest BCUT2D eigenvalue weighted by atomic mass is 79.9. The zero-order valence-electron chi connectivity index (χ0n) is 15.7. The van der Waals surface area contributed by atoms with Gasteiger partial charge >= 0.3 is 0 Å². The molecule has 0 atom stereocenters. The van der Waals surface area contributed by atoms with Crippen LogP contribution in [0.3, 0.4) is 0 Å². The van der Waals surface area contributed by atoms with Crippen molar-refractivity contribution >= 4 is 33.4 Å². The molecule has 0 aromatic heterocycles. The summed E-state index contributed by atoms with van der Waals surface area (Å²) in [6, 6.07) is 15.2. The molecule has 2 N–H and O–H groups in total. The van der Waals surface area contributed by atoms with Crippen molar-refractivity contribution in [3.8, 4) is 0 Å². The summed E-state index contributed by atoms with van der Waals surface area (Å²) in [5, 5.41) is 5.93. The number of benzene rings is 2. The molecular formula is C22H25BrN2O2. The first-order valence-electron chi connectivity index (χ1n) is 9.39. The summed E-state index contributed by atoms with van der Waals surface area (Å²) in [5.74, 6) is -0.0771. The Morgan fingerprint density at radius 3 is 2.11 bits per heavy atom. The van der Waals surface area contributed by atoms with Crippen LogP contribution < -0.4 is 10.6 Å². The molecule has 0 heterocycles. The summed E-state index contributed by atoms with van der Waals surface area (Å²) in [5.41, 5.74) is 1.89. The van der Waals surface area contributed by atoms with Gasteiger partial charge in [0, 0.05) is 21.8 Å². The van der Waals surface area contributed by atoms with Gasteiger partial charge in [0.1, 0.15) is 0 Å². The lowest BCUT2D eigenvalue weighted by atomic mass is 9.78. The molecule has 2 aromatic carbocycles. The van der Waals surface area contributed by atoms with Crippen LogP contribution in [-0.2, 0) is 10.2 Å². The zero-order valence-corrected chi connectivity index (χ0v) is 17.3. The van der Waals surface area contributed by atoms with Crippen molar-refractivity contribution in [2.45, 2.75) is 51.0 Å². The normalized spacial score (nSPS) is 15.6. The lowest BCUT2D eigenvalue weighted by Gasteiger charge is -2.28. The third-order valence-electron chi connectivity index (χ3n) is 5.11. The van der Waals surface area contributed by atoms with Crippen molar-refractivity contribution in [1.82, 2.24) is 5.32 Å². The Kier molecular flexibility index (Phi) is 6.00. The molecule has 1 aliphatic rings. The SMILES string of the molecule is CC(C)NC(=O)c1ccc(NC(=O)C2(c3ccc(Br)cc3)CCCC2)cc1. The monoisotopic (exact) mass is 428 g/mol. The lowest BCUT2D eigenvalue weighted by Crippen LogP contribution is -2.38. The van der Waals surface area contributed by atoms with E-state index in [1.165, 1.54) is 0 Å². The van der Waals surface area contributed by atoms with Crippen LogP contribution in [0.5, 0.6) is 0 Å². The minimum atomic E-state index is -0.478. The van der Waals surface area contributed by atoms with E-state index in [1.54, 1.807) is 24.3 Å². The van der Waals surface area contributed by atoms with Crippen LogP contribution in [0.2, 0.25) is 0 Å². The summed E-state index contributed by atoms with van der Waals surface area (Å²) in [4.78, 5) is 25.2. The summed E-state index contributed by atoms with van der Waals surface area (Å²) >= 11 is 3.46. The van der Waals surface area contributed by atoms with Gasteiger partial charge in [-0.15, -0.1) is 0 Å². The van der Waals surface area contributed by atoms with Crippen molar-refractivity contribution in [2.75, 3.05) is 5.32 Å². The van der Waals surface area contributed by atoms with Crippen LogP contribution in [0.4, 0.5) is 5.69 Å². The van der Waals surface area contributed by atoms with Crippen molar-refractivity contribution < 1.29 is 9.59 Å². The van der Waals surface area contributed by atoms with Gasteiger partial charge in [-0.25, -0.2) is 0 Å². The van der Waals surface area contributed by atoms with Gasteiger partial charge in [-0.05, 0) is 68.7 Å². The minimum absolute atomic E-state index is 0.0294. The molecule has 1 saturated carbocycles. The van der Waals surface area contributed by atoms with Gasteiger partial charge in [-0.1, -0.05) is 40.9 Å². The smallest absolute Gasteiger partial charge is 0.251 e. The molecule has 142 valence electrons. The predicted molar refractivity (Wildman–Crippen MR) is 112 cm³/mol. The molecule has 0 spiro atoms. The highest BCUT2D eigenvalue weighted by Gasteiger charge is 2.42. The fraction of sp³-hybridized carbons (Fsp3) is 0.364. The van der Waals surface area contributed by atoms with E-state index in [4.69, 9.17) is 0 Å². The summed E-state index contributed by atoms with van der Waals surface area (Å²) in [6.07, 6.45) is 3.82. The average molecular weight is 429 g/mol. The molecule has 2 amide bonds. The number of carbonyl (C=O) groups excluding carboxylic acids is 2. The number of carbonyl (C=O) groups is 2. The second kappa shape index (κ2) is 8.26. The second-order valence-corrected chi connectivity index (χ2v) is 8.37. The van der Waals surface area contributed by atoms with Crippen LogP contribution in [0, 0.1) is 0 Å². The largest absolute Gasteiger partial charge is 0.350 e. The minimum Gasteiger partial charge on any atom is -0.350 e. The number of amides is 2. The number of anilines is 1. The van der Waals surface area contributed by atoms with Crippen LogP contribution in [0.25, 0.3) is 0 Å². The molecule has 4 nitrogen and oxygen atoms in total. The van der Waals surface area contributed by atoms with Crippen LogP contribution >= 0.6 is 15.9 Å². The quantitative estimate of drug-likeness (QED) is 0.700. The van der Waals surface area contributed by atoms with Crippen LogP contribution in [0.15, 0.2) is 53.0 Å². The molecule has 0 radical (unpaired) electrons. The molecule has 0 unspecified atom stereocenters. The van der Waals surface area contributed by atoms with Crippen molar-refractivity contribution in [3.63, 3.8) is 0 Å². The van der Waals surface area contributed by atoms with Crippen LogP contribution in [0.1, 0.15) is 55.5 Å². The van der Waals surface area contributed by atoms with E-state index in [2.05, 4.69) is 26.6 Å². The highest BCUT2D eigenvalue weighted by Crippen LogP contribution is 2.42. The fourth-order valence-corrected chi connectivity index (χ4v) is 3.96. The first-order valence-corrected chi connectivity index (χ1v) is 10.2. The maximum absolute atomic E-state index is 13.2. The van der Waals surface area contributed by atoms with Gasteiger partial charge in [0.25, 0.3) is 5.91 Å². The maximum Gasteiger partial charge on any atom is 0.251 e. The molecule has 27 heavy (non-hydrogen) atoms. The van der Waals surface area contributed by atoms with Gasteiger partial charge in [0.05, 0.1) is 5.41 Å². The molecule has 2 aromatic rings. The topological polar surface area (TPSA) is 58.2 Å². The van der Waals surface area contributed by atoms with Crippen LogP contribution in [-0.4, -0.2) is 17.9 Å². The molecule has 1 aliphatic carbocycles. The van der Waals surface area contributed by atoms with Crippen molar-refractivity contribution in [2.24, 2.45) is 0 Å². The summed E-state index contributed by atoms with van der Waals surface area (Å²) in [7, 11) is 0. The second-order valence-electron chi connectivity index (χ2n) is 7.46. The number of hydrogen-bond acceptors (Lipinski definition) is 2. The number of rotatable bonds is 5. The van der Waals surface area contributed by atoms with E-state index in [9.17, 15) is 9.59 Å². The third kappa shape index (κ3) is 4.41. The van der Waals surface area contributed by atoms with Gasteiger partial charge in [0.15, 0.2) is 0 Å². The Morgan fingerprint density at radius 2 is 1.56 bits per heavy atom. The molecule has 0 aliphatic heterocycles. The molecule has 0 saturated heterocycles. The summed E-state index contributed by atoms with van der Waals surface area (Å²) < 4.78 is 1.01. The molecule has 1 fully saturated rings. The van der Waals surface area contributed by atoms with Gasteiger partial charge in [0.2, 0.25) is 5.91 Å². The average Bonchev–Trinajstić information content (AvgIpc) is 3.13. The van der Waals surface area contributed by atoms with Gasteiger partial charge in [-0.2, -0.15) is 0 Å². The Hall–Kier alpha value is -2.14. The van der Waals surface area contributed by atoms with E-state index < -0.39 is 5.41 Å². The zero-order chi connectivity index (χ0) is 19.4. The Balaban J connectivity index is 1.76. The Labute approximate surface area is 168 Å². The van der Waals surface area contributed by atoms with Gasteiger partial charge in [-0.3, -0.25) is 9.59 Å². The standard InChI is InChI=1S/C22H25BrN2O2/c1-15(2)24-20(26)16-5-11-19(12-6-16)25-21(27)22(13-3-4-14-22)17-7-9-18(23)10-8-17/h5-12,15H,3-4,13-14H2,1-2H3,(H,24,26)(H,25,27). The van der Waals surface area contributed by atoms with E-state index in [0.717, 1.165) is 35.7 Å². The third-order valence-corrected chi connectivity index (χ3v) is 5.64. The molecule has 5 heteroatoms. The first kappa shape index (κ1) is 19.6. The Bertz CT molecular complexity index is 807. The highest BCUT2D eigenvalue weighted by molar-refractivity contribution is 9.10. The summed E-state index contributed by atoms with van der Waals surface area (Å²) in [6.45, 7) is 3.85. The van der Waals surface area contributed by atoms with Crippen molar-refractivity contribution in [1.29, 1.82) is 0 Å². The predicted octanol–water partition coefficient (Wildman–Crippen LogP) is 5.04. The number of hydrogen-bond donors (Lipinski definition) is 2. The number of nitrogens with one attached hydrogen (secondary N) is 2. The number of halogens is 1. The van der Waals surface area contributed by atoms with Crippen molar-refractivity contribution in [3.05, 3.63) is 64.1 Å². The van der Waals surface area contributed by atoms with E-state index >= 15 is 0 Å². The first-order chi connectivity index (χ1) is 12.9. The fourth-order valence-electron chi connectivity index (χ4n) is 3.70. The van der Waals surface area contributed by atoms with Gasteiger partial charge < -0.3 is 10.6 Å². The molecule has 0 bridgehead atoms. The van der Waals surface area contributed by atoms with E-state index in [1.807, 2.05) is 38.1 Å². The Morgan fingerprint density at radius 1 is 0.963 bits per heavy atom.